The van der Waals surface area contributed by atoms with Crippen LogP contribution >= 0.6 is 0 Å². The van der Waals surface area contributed by atoms with Gasteiger partial charge in [0.2, 0.25) is 0 Å². The zero-order valence-electron chi connectivity index (χ0n) is 24.2. The molecule has 4 aliphatic carbocycles. The molecule has 5 aliphatic rings. The number of hydrogen-bond donors (Lipinski definition) is 1. The molecule has 0 amide bonds. The zero-order valence-corrected chi connectivity index (χ0v) is 24.2. The molecule has 7 rings (SSSR count). The van der Waals surface area contributed by atoms with Gasteiger partial charge in [0.25, 0.3) is 0 Å². The summed E-state index contributed by atoms with van der Waals surface area (Å²) in [5.41, 5.74) is 0.762. The van der Waals surface area contributed by atoms with Crippen LogP contribution in [0.4, 0.5) is 0 Å². The van der Waals surface area contributed by atoms with Crippen molar-refractivity contribution in [2.45, 2.75) is 64.6 Å². The molecule has 0 saturated heterocycles. The van der Waals surface area contributed by atoms with Crippen molar-refractivity contribution in [3.05, 3.63) is 71.8 Å². The lowest BCUT2D eigenvalue weighted by Gasteiger charge is -2.64. The van der Waals surface area contributed by atoms with Crippen molar-refractivity contribution in [3.63, 3.8) is 0 Å². The van der Waals surface area contributed by atoms with Gasteiger partial charge in [-0.1, -0.05) is 56.7 Å². The van der Waals surface area contributed by atoms with Gasteiger partial charge < -0.3 is 14.6 Å². The molecule has 1 aliphatic heterocycles. The van der Waals surface area contributed by atoms with Crippen molar-refractivity contribution < 1.29 is 28.7 Å². The second kappa shape index (κ2) is 9.79. The summed E-state index contributed by atoms with van der Waals surface area (Å²) in [6.45, 7) is 6.52. The van der Waals surface area contributed by atoms with Crippen molar-refractivity contribution in [1.82, 2.24) is 0 Å². The van der Waals surface area contributed by atoms with Crippen LogP contribution in [0.15, 0.2) is 60.7 Å². The Morgan fingerprint density at radius 2 is 1.63 bits per heavy atom. The Morgan fingerprint density at radius 3 is 2.32 bits per heavy atom. The third kappa shape index (κ3) is 4.04. The predicted octanol–water partition coefficient (Wildman–Crippen LogP) is 5.39. The fourth-order valence-corrected chi connectivity index (χ4v) is 10.4. The fourth-order valence-electron chi connectivity index (χ4n) is 10.4. The minimum atomic E-state index is -0.473. The number of aliphatic hydroxyl groups excluding tert-OH is 1. The van der Waals surface area contributed by atoms with E-state index in [2.05, 4.69) is 24.6 Å². The molecule has 4 bridgehead atoms. The zero-order chi connectivity index (χ0) is 28.4. The average molecular weight is 557 g/mol. The first-order valence-electron chi connectivity index (χ1n) is 15.5. The molecular formula is C35H42NO5+. The topological polar surface area (TPSA) is 75.8 Å². The summed E-state index contributed by atoms with van der Waals surface area (Å²) in [6.07, 6.45) is 7.97. The number of aliphatic hydroxyl groups is 1. The van der Waals surface area contributed by atoms with Crippen LogP contribution in [0.5, 0.6) is 0 Å². The lowest BCUT2D eigenvalue weighted by Crippen LogP contribution is -2.69. The van der Waals surface area contributed by atoms with Gasteiger partial charge in [0, 0.05) is 10.8 Å². The Hall–Kier alpha value is -2.99. The number of fused-ring (bicyclic) bond motifs is 1. The quantitative estimate of drug-likeness (QED) is 0.382. The number of carbonyl (C=O) groups is 2. The lowest BCUT2D eigenvalue weighted by molar-refractivity contribution is -0.559. The molecule has 4 fully saturated rings. The molecule has 4 saturated carbocycles. The molecule has 1 spiro atoms. The van der Waals surface area contributed by atoms with E-state index < -0.39 is 11.5 Å². The Kier molecular flexibility index (Phi) is 6.42. The molecule has 6 heteroatoms. The molecule has 0 aromatic heterocycles. The summed E-state index contributed by atoms with van der Waals surface area (Å²) >= 11 is 0. The highest BCUT2D eigenvalue weighted by molar-refractivity contribution is 5.90. The van der Waals surface area contributed by atoms with E-state index >= 15 is 0 Å². The van der Waals surface area contributed by atoms with Crippen molar-refractivity contribution in [2.75, 3.05) is 19.7 Å². The summed E-state index contributed by atoms with van der Waals surface area (Å²) in [5.74, 6) is 0.765. The van der Waals surface area contributed by atoms with Crippen molar-refractivity contribution >= 4 is 18.2 Å². The van der Waals surface area contributed by atoms with E-state index in [1.807, 2.05) is 48.5 Å². The number of carbonyl (C=O) groups excluding carboxylic acids is 2. The Morgan fingerprint density at radius 1 is 0.951 bits per heavy atom. The van der Waals surface area contributed by atoms with E-state index in [9.17, 15) is 14.7 Å². The number of esters is 2. The van der Waals surface area contributed by atoms with Crippen LogP contribution < -0.4 is 0 Å². The van der Waals surface area contributed by atoms with Gasteiger partial charge in [-0.3, -0.25) is 0 Å². The summed E-state index contributed by atoms with van der Waals surface area (Å²) in [4.78, 5) is 26.0. The molecule has 41 heavy (non-hydrogen) atoms. The third-order valence-corrected chi connectivity index (χ3v) is 12.0. The monoisotopic (exact) mass is 556 g/mol. The van der Waals surface area contributed by atoms with Crippen molar-refractivity contribution in [1.29, 1.82) is 0 Å². The molecule has 0 radical (unpaired) electrons. The molecule has 1 N–H and O–H groups in total. The van der Waals surface area contributed by atoms with Gasteiger partial charge in [-0.15, -0.1) is 0 Å². The molecule has 9 atom stereocenters. The molecule has 6 nitrogen and oxygen atoms in total. The summed E-state index contributed by atoms with van der Waals surface area (Å²) in [5, 5.41) is 11.9. The van der Waals surface area contributed by atoms with Gasteiger partial charge >= 0.3 is 11.9 Å². The minimum absolute atomic E-state index is 0.0415. The van der Waals surface area contributed by atoms with Gasteiger partial charge in [0.15, 0.2) is 6.54 Å². The second-order valence-electron chi connectivity index (χ2n) is 13.9. The van der Waals surface area contributed by atoms with Crippen LogP contribution in [0.1, 0.15) is 73.1 Å². The first-order valence-corrected chi connectivity index (χ1v) is 15.5. The molecule has 2 aromatic rings. The van der Waals surface area contributed by atoms with E-state index in [4.69, 9.17) is 9.47 Å². The molecular weight excluding hydrogens is 514 g/mol. The Labute approximate surface area is 242 Å². The van der Waals surface area contributed by atoms with E-state index in [0.29, 0.717) is 36.1 Å². The van der Waals surface area contributed by atoms with Gasteiger partial charge in [-0.05, 0) is 80.0 Å². The van der Waals surface area contributed by atoms with E-state index in [-0.39, 0.29) is 40.7 Å². The van der Waals surface area contributed by atoms with E-state index in [0.717, 1.165) is 38.6 Å². The third-order valence-electron chi connectivity index (χ3n) is 12.0. The SMILES string of the molecule is C[C@@H]1[C@@H]2C[C@@H]3[C@]45C=[N+](CCOC(=O)c6ccccc6)C[C@](C)(CCC4)[C@@H]5C[C@H](OC(=O)c4ccccc4)[C@]3(C2)[C@@H]1O. The Balaban J connectivity index is 1.20. The normalized spacial score (nSPS) is 40.2. The highest BCUT2D eigenvalue weighted by Gasteiger charge is 2.76. The van der Waals surface area contributed by atoms with Crippen LogP contribution in [0.2, 0.25) is 0 Å². The fraction of sp³-hybridized carbons (Fsp3) is 0.571. The first kappa shape index (κ1) is 26.9. The maximum atomic E-state index is 13.4. The lowest BCUT2D eigenvalue weighted by atomic mass is 9.40. The highest BCUT2D eigenvalue weighted by atomic mass is 16.5. The first-order chi connectivity index (χ1) is 19.8. The largest absolute Gasteiger partial charge is 0.458 e. The molecule has 0 unspecified atom stereocenters. The summed E-state index contributed by atoms with van der Waals surface area (Å²) in [7, 11) is 0. The van der Waals surface area contributed by atoms with Crippen LogP contribution in [-0.4, -0.2) is 59.7 Å². The number of benzene rings is 2. The van der Waals surface area contributed by atoms with Gasteiger partial charge in [0.05, 0.1) is 22.6 Å². The van der Waals surface area contributed by atoms with E-state index in [1.165, 1.54) is 6.42 Å². The van der Waals surface area contributed by atoms with Gasteiger partial charge in [0.1, 0.15) is 25.5 Å². The van der Waals surface area contributed by atoms with Crippen LogP contribution in [0, 0.1) is 39.9 Å². The van der Waals surface area contributed by atoms with Crippen LogP contribution in [-0.2, 0) is 9.47 Å². The maximum absolute atomic E-state index is 13.4. The maximum Gasteiger partial charge on any atom is 0.338 e. The summed E-state index contributed by atoms with van der Waals surface area (Å²) < 4.78 is 14.6. The number of nitrogens with zero attached hydrogens (tertiary/aromatic N) is 1. The average Bonchev–Trinajstić information content (AvgIpc) is 3.50. The minimum Gasteiger partial charge on any atom is -0.458 e. The van der Waals surface area contributed by atoms with Crippen molar-refractivity contribution in [2.24, 2.45) is 39.9 Å². The number of rotatable bonds is 6. The van der Waals surface area contributed by atoms with Crippen molar-refractivity contribution in [3.8, 4) is 0 Å². The van der Waals surface area contributed by atoms with Gasteiger partial charge in [-0.2, -0.15) is 0 Å². The standard InChI is InChI=1S/C35H42NO5/c1-23-26-18-28-34-15-9-14-33(2,21-36(22-34)16-17-40-31(38)24-10-5-3-6-11-24)27(34)19-29(35(28,20-26)30(23)37)41-32(39)25-12-7-4-8-13-25/h3-8,10-13,22-23,26-30,37H,9,14-21H2,1-2H3/q+1/t23-,26-,27+,28-,29+,30-,33+,34+,35-/m1/s1. The van der Waals surface area contributed by atoms with Gasteiger partial charge in [-0.25, -0.2) is 14.2 Å². The Bertz CT molecular complexity index is 1360. The molecule has 1 heterocycles. The molecule has 2 aromatic carbocycles. The van der Waals surface area contributed by atoms with E-state index in [1.54, 1.807) is 12.1 Å². The highest BCUT2D eigenvalue weighted by Crippen LogP contribution is 2.75. The van der Waals surface area contributed by atoms with Crippen LogP contribution in [0.3, 0.4) is 0 Å². The number of hydrogen-bond acceptors (Lipinski definition) is 5. The summed E-state index contributed by atoms with van der Waals surface area (Å²) in [6, 6.07) is 18.5. The predicted molar refractivity (Wildman–Crippen MR) is 155 cm³/mol. The molecule has 216 valence electrons. The second-order valence-corrected chi connectivity index (χ2v) is 13.9. The van der Waals surface area contributed by atoms with Crippen LogP contribution in [0.25, 0.3) is 0 Å². The smallest absolute Gasteiger partial charge is 0.338 e. The number of ether oxygens (including phenoxy) is 2.